The standard InChI is InChI=1S/C12H20N2O3S/c1-9-5-6-10(2)12(11(9)13)18(16,17)14-7-3-4-8-15/h5-6,14-15H,3-4,7-8,13H2,1-2H3. The molecule has 0 amide bonds. The van der Waals surface area contributed by atoms with Crippen molar-refractivity contribution >= 4 is 15.7 Å². The summed E-state index contributed by atoms with van der Waals surface area (Å²) in [6.45, 7) is 3.86. The van der Waals surface area contributed by atoms with Crippen LogP contribution in [0.3, 0.4) is 0 Å². The Kier molecular flexibility index (Phi) is 5.13. The number of hydrogen-bond donors (Lipinski definition) is 3. The Morgan fingerprint density at radius 2 is 1.83 bits per heavy atom. The van der Waals surface area contributed by atoms with Gasteiger partial charge < -0.3 is 10.8 Å². The third-order valence-electron chi connectivity index (χ3n) is 2.76. The lowest BCUT2D eigenvalue weighted by molar-refractivity contribution is 0.285. The van der Waals surface area contributed by atoms with Gasteiger partial charge in [0.15, 0.2) is 0 Å². The van der Waals surface area contributed by atoms with Crippen LogP contribution in [0.25, 0.3) is 0 Å². The van der Waals surface area contributed by atoms with Crippen molar-refractivity contribution in [1.29, 1.82) is 0 Å². The quantitative estimate of drug-likeness (QED) is 0.531. The van der Waals surface area contributed by atoms with Crippen molar-refractivity contribution in [3.05, 3.63) is 23.3 Å². The molecule has 1 rings (SSSR count). The van der Waals surface area contributed by atoms with Gasteiger partial charge in [-0.15, -0.1) is 0 Å². The summed E-state index contributed by atoms with van der Waals surface area (Å²) in [6, 6.07) is 3.55. The van der Waals surface area contributed by atoms with E-state index in [1.165, 1.54) is 0 Å². The highest BCUT2D eigenvalue weighted by atomic mass is 32.2. The minimum absolute atomic E-state index is 0.0628. The SMILES string of the molecule is Cc1ccc(C)c(S(=O)(=O)NCCCCO)c1N. The predicted molar refractivity (Wildman–Crippen MR) is 71.8 cm³/mol. The monoisotopic (exact) mass is 272 g/mol. The van der Waals surface area contributed by atoms with Crippen LogP contribution >= 0.6 is 0 Å². The molecule has 18 heavy (non-hydrogen) atoms. The third kappa shape index (κ3) is 3.44. The first kappa shape index (κ1) is 14.9. The van der Waals surface area contributed by atoms with Gasteiger partial charge in [0.1, 0.15) is 4.90 Å². The number of nitrogen functional groups attached to an aromatic ring is 1. The van der Waals surface area contributed by atoms with Crippen molar-refractivity contribution in [2.45, 2.75) is 31.6 Å². The van der Waals surface area contributed by atoms with E-state index in [0.717, 1.165) is 5.56 Å². The zero-order chi connectivity index (χ0) is 13.8. The van der Waals surface area contributed by atoms with Gasteiger partial charge in [-0.2, -0.15) is 0 Å². The van der Waals surface area contributed by atoms with Gasteiger partial charge in [-0.25, -0.2) is 13.1 Å². The van der Waals surface area contributed by atoms with E-state index in [2.05, 4.69) is 4.72 Å². The normalized spacial score (nSPS) is 11.7. The van der Waals surface area contributed by atoms with E-state index < -0.39 is 10.0 Å². The first-order valence-electron chi connectivity index (χ1n) is 5.86. The fraction of sp³-hybridized carbons (Fsp3) is 0.500. The van der Waals surface area contributed by atoms with Crippen LogP contribution in [0, 0.1) is 13.8 Å². The van der Waals surface area contributed by atoms with E-state index in [9.17, 15) is 8.42 Å². The number of aryl methyl sites for hydroxylation is 2. The molecular formula is C12H20N2O3S. The lowest BCUT2D eigenvalue weighted by atomic mass is 10.1. The summed E-state index contributed by atoms with van der Waals surface area (Å²) >= 11 is 0. The molecule has 0 aromatic heterocycles. The van der Waals surface area contributed by atoms with Crippen LogP contribution in [0.15, 0.2) is 17.0 Å². The number of aliphatic hydroxyl groups is 1. The molecule has 0 aliphatic carbocycles. The molecule has 1 aromatic rings. The maximum atomic E-state index is 12.1. The van der Waals surface area contributed by atoms with Crippen LogP contribution < -0.4 is 10.5 Å². The average Bonchev–Trinajstić information content (AvgIpc) is 2.30. The smallest absolute Gasteiger partial charge is 0.242 e. The van der Waals surface area contributed by atoms with E-state index in [1.54, 1.807) is 26.0 Å². The molecule has 1 aromatic carbocycles. The van der Waals surface area contributed by atoms with Gasteiger partial charge in [0.2, 0.25) is 10.0 Å². The molecule has 102 valence electrons. The number of nitrogens with two attached hydrogens (primary N) is 1. The second kappa shape index (κ2) is 6.17. The zero-order valence-corrected chi connectivity index (χ0v) is 11.5. The van der Waals surface area contributed by atoms with E-state index >= 15 is 0 Å². The Bertz CT molecular complexity index is 512. The van der Waals surface area contributed by atoms with Crippen LogP contribution in [0.5, 0.6) is 0 Å². The fourth-order valence-electron chi connectivity index (χ4n) is 1.68. The van der Waals surface area contributed by atoms with Gasteiger partial charge in [-0.1, -0.05) is 12.1 Å². The van der Waals surface area contributed by atoms with Gasteiger partial charge in [-0.3, -0.25) is 0 Å². The van der Waals surface area contributed by atoms with E-state index in [-0.39, 0.29) is 11.5 Å². The van der Waals surface area contributed by atoms with E-state index in [0.29, 0.717) is 30.6 Å². The molecule has 0 aliphatic heterocycles. The fourth-order valence-corrected chi connectivity index (χ4v) is 3.18. The first-order valence-corrected chi connectivity index (χ1v) is 7.34. The van der Waals surface area contributed by atoms with Crippen LogP contribution in [-0.4, -0.2) is 26.7 Å². The highest BCUT2D eigenvalue weighted by Gasteiger charge is 2.20. The van der Waals surface area contributed by atoms with Crippen molar-refractivity contribution in [3.8, 4) is 0 Å². The molecule has 6 heteroatoms. The summed E-state index contributed by atoms with van der Waals surface area (Å²) < 4.78 is 26.8. The highest BCUT2D eigenvalue weighted by molar-refractivity contribution is 7.89. The molecule has 0 saturated heterocycles. The highest BCUT2D eigenvalue weighted by Crippen LogP contribution is 2.25. The molecule has 0 unspecified atom stereocenters. The van der Waals surface area contributed by atoms with Gasteiger partial charge in [0, 0.05) is 13.2 Å². The van der Waals surface area contributed by atoms with Crippen molar-refractivity contribution in [2.75, 3.05) is 18.9 Å². The van der Waals surface area contributed by atoms with E-state index in [1.807, 2.05) is 0 Å². The van der Waals surface area contributed by atoms with Crippen LogP contribution in [0.2, 0.25) is 0 Å². The van der Waals surface area contributed by atoms with Gasteiger partial charge in [0.05, 0.1) is 5.69 Å². The predicted octanol–water partition coefficient (Wildman–Crippen LogP) is 0.936. The minimum atomic E-state index is -3.58. The van der Waals surface area contributed by atoms with Crippen LogP contribution in [0.1, 0.15) is 24.0 Å². The number of hydrogen-bond acceptors (Lipinski definition) is 4. The average molecular weight is 272 g/mol. The maximum absolute atomic E-state index is 12.1. The first-order chi connectivity index (χ1) is 8.40. The molecule has 0 spiro atoms. The molecule has 0 fully saturated rings. The topological polar surface area (TPSA) is 92.4 Å². The number of nitrogens with one attached hydrogen (secondary N) is 1. The molecule has 0 bridgehead atoms. The second-order valence-corrected chi connectivity index (χ2v) is 5.97. The van der Waals surface area contributed by atoms with Crippen molar-refractivity contribution in [3.63, 3.8) is 0 Å². The van der Waals surface area contributed by atoms with Crippen LogP contribution in [0.4, 0.5) is 5.69 Å². The molecule has 4 N–H and O–H groups in total. The summed E-state index contributed by atoms with van der Waals surface area (Å²) in [5.74, 6) is 0. The summed E-state index contributed by atoms with van der Waals surface area (Å²) in [6.07, 6.45) is 1.17. The Labute approximate surface area is 108 Å². The van der Waals surface area contributed by atoms with Crippen LogP contribution in [-0.2, 0) is 10.0 Å². The molecule has 0 aliphatic rings. The minimum Gasteiger partial charge on any atom is -0.397 e. The Morgan fingerprint density at radius 3 is 2.44 bits per heavy atom. The number of aliphatic hydroxyl groups excluding tert-OH is 1. The van der Waals surface area contributed by atoms with Gasteiger partial charge in [0.25, 0.3) is 0 Å². The van der Waals surface area contributed by atoms with Gasteiger partial charge >= 0.3 is 0 Å². The zero-order valence-electron chi connectivity index (χ0n) is 10.7. The lowest BCUT2D eigenvalue weighted by Gasteiger charge is -2.13. The summed E-state index contributed by atoms with van der Waals surface area (Å²) in [5, 5.41) is 8.64. The lowest BCUT2D eigenvalue weighted by Crippen LogP contribution is -2.26. The molecular weight excluding hydrogens is 252 g/mol. The van der Waals surface area contributed by atoms with E-state index in [4.69, 9.17) is 10.8 Å². The molecule has 0 atom stereocenters. The largest absolute Gasteiger partial charge is 0.397 e. The molecule has 0 radical (unpaired) electrons. The molecule has 0 heterocycles. The number of anilines is 1. The second-order valence-electron chi connectivity index (χ2n) is 4.27. The molecule has 0 saturated carbocycles. The Hall–Kier alpha value is -1.11. The van der Waals surface area contributed by atoms with Gasteiger partial charge in [-0.05, 0) is 37.8 Å². The van der Waals surface area contributed by atoms with Crippen molar-refractivity contribution < 1.29 is 13.5 Å². The number of benzene rings is 1. The Morgan fingerprint density at radius 1 is 1.22 bits per heavy atom. The number of sulfonamides is 1. The number of rotatable bonds is 6. The maximum Gasteiger partial charge on any atom is 0.242 e. The summed E-state index contributed by atoms with van der Waals surface area (Å²) in [4.78, 5) is 0.159. The third-order valence-corrected chi connectivity index (χ3v) is 4.42. The Balaban J connectivity index is 2.95. The van der Waals surface area contributed by atoms with Crippen molar-refractivity contribution in [1.82, 2.24) is 4.72 Å². The summed E-state index contributed by atoms with van der Waals surface area (Å²) in [5.41, 5.74) is 7.52. The molecule has 5 nitrogen and oxygen atoms in total. The van der Waals surface area contributed by atoms with Crippen molar-refractivity contribution in [2.24, 2.45) is 0 Å². The number of unbranched alkanes of at least 4 members (excludes halogenated alkanes) is 1. The summed E-state index contributed by atoms with van der Waals surface area (Å²) in [7, 11) is -3.58.